The van der Waals surface area contributed by atoms with Crippen LogP contribution in [-0.4, -0.2) is 52.9 Å². The van der Waals surface area contributed by atoms with E-state index >= 15 is 0 Å². The number of rotatable bonds is 4. The largest absolute Gasteiger partial charge is 0.507 e. The van der Waals surface area contributed by atoms with Gasteiger partial charge >= 0.3 is 12.1 Å². The number of guanidine groups is 1. The summed E-state index contributed by atoms with van der Waals surface area (Å²) >= 11 is 0. The zero-order chi connectivity index (χ0) is 24.1. The van der Waals surface area contributed by atoms with Gasteiger partial charge in [-0.2, -0.15) is 13.2 Å². The van der Waals surface area contributed by atoms with Gasteiger partial charge in [-0.25, -0.2) is 4.79 Å². The van der Waals surface area contributed by atoms with Crippen molar-refractivity contribution in [2.45, 2.75) is 52.3 Å². The lowest BCUT2D eigenvalue weighted by atomic mass is 9.86. The number of carboxylic acid groups (broad SMARTS) is 1. The Kier molecular flexibility index (Phi) is 8.13. The standard InChI is InChI=1S/C17H26N4O3.C2HF3O2/c1-9-10(2)14-12(11(3)13(9)22)5-6-17(4,24-14)15(23)20-7-8-21-16(18)19;3-2(4,5)1(6)7/h22H,5-8H2,1-4H3,(H,20,23)(H4,18,19,21);(H,6,7). The molecular weight excluding hydrogens is 421 g/mol. The van der Waals surface area contributed by atoms with Crippen molar-refractivity contribution in [1.29, 1.82) is 0 Å². The van der Waals surface area contributed by atoms with Crippen molar-refractivity contribution >= 4 is 17.8 Å². The maximum Gasteiger partial charge on any atom is 0.490 e. The number of halogens is 3. The smallest absolute Gasteiger partial charge is 0.490 e. The van der Waals surface area contributed by atoms with E-state index in [0.29, 0.717) is 37.4 Å². The van der Waals surface area contributed by atoms with Gasteiger partial charge < -0.3 is 31.7 Å². The van der Waals surface area contributed by atoms with E-state index in [1.165, 1.54) is 0 Å². The van der Waals surface area contributed by atoms with Gasteiger partial charge in [0.15, 0.2) is 11.6 Å². The Bertz CT molecular complexity index is 883. The molecule has 2 rings (SSSR count). The van der Waals surface area contributed by atoms with Crippen molar-refractivity contribution in [3.8, 4) is 11.5 Å². The minimum absolute atomic E-state index is 0.000289. The molecule has 1 atom stereocenters. The van der Waals surface area contributed by atoms with Crippen molar-refractivity contribution in [2.24, 2.45) is 16.5 Å². The van der Waals surface area contributed by atoms with Crippen molar-refractivity contribution in [2.75, 3.05) is 13.1 Å². The summed E-state index contributed by atoms with van der Waals surface area (Å²) in [7, 11) is 0. The first-order chi connectivity index (χ1) is 14.1. The summed E-state index contributed by atoms with van der Waals surface area (Å²) in [6.07, 6.45) is -3.87. The van der Waals surface area contributed by atoms with Gasteiger partial charge in [-0.05, 0) is 50.8 Å². The number of benzene rings is 1. The van der Waals surface area contributed by atoms with Gasteiger partial charge in [0.05, 0.1) is 6.54 Å². The molecule has 12 heteroatoms. The van der Waals surface area contributed by atoms with E-state index in [0.717, 1.165) is 22.3 Å². The molecule has 9 nitrogen and oxygen atoms in total. The summed E-state index contributed by atoms with van der Waals surface area (Å²) in [5, 5.41) is 20.1. The highest BCUT2D eigenvalue weighted by molar-refractivity contribution is 5.86. The number of aromatic hydroxyl groups is 1. The third kappa shape index (κ3) is 6.40. The number of aliphatic imine (C=N–C) groups is 1. The minimum Gasteiger partial charge on any atom is -0.507 e. The molecule has 1 aromatic carbocycles. The fourth-order valence-corrected chi connectivity index (χ4v) is 2.95. The Morgan fingerprint density at radius 2 is 1.74 bits per heavy atom. The number of hydrogen-bond acceptors (Lipinski definition) is 5. The molecule has 1 aliphatic heterocycles. The summed E-state index contributed by atoms with van der Waals surface area (Å²) in [5.41, 5.74) is 13.0. The zero-order valence-electron chi connectivity index (χ0n) is 17.7. The summed E-state index contributed by atoms with van der Waals surface area (Å²) < 4.78 is 37.8. The zero-order valence-corrected chi connectivity index (χ0v) is 17.7. The van der Waals surface area contributed by atoms with Crippen LogP contribution in [0.25, 0.3) is 0 Å². The number of nitrogens with one attached hydrogen (secondary N) is 1. The van der Waals surface area contributed by atoms with Crippen LogP contribution in [0.4, 0.5) is 13.2 Å². The van der Waals surface area contributed by atoms with Crippen molar-refractivity contribution in [1.82, 2.24) is 5.32 Å². The van der Waals surface area contributed by atoms with Gasteiger partial charge in [0.25, 0.3) is 5.91 Å². The fraction of sp³-hybridized carbons (Fsp3) is 0.526. The number of alkyl halides is 3. The molecule has 1 amide bonds. The third-order valence-electron chi connectivity index (χ3n) is 4.93. The maximum absolute atomic E-state index is 12.5. The Hall–Kier alpha value is -3.18. The lowest BCUT2D eigenvalue weighted by Gasteiger charge is -2.36. The molecule has 1 aromatic rings. The first-order valence-electron chi connectivity index (χ1n) is 9.26. The predicted octanol–water partition coefficient (Wildman–Crippen LogP) is 1.42. The SMILES string of the molecule is Cc1c(C)c2c(c(C)c1O)CCC(C)(C(=O)NCCN=C(N)N)O2.O=C(O)C(F)(F)F. The van der Waals surface area contributed by atoms with E-state index in [2.05, 4.69) is 10.3 Å². The molecule has 174 valence electrons. The predicted molar refractivity (Wildman–Crippen MR) is 107 cm³/mol. The molecular formula is C19H27F3N4O5. The van der Waals surface area contributed by atoms with Gasteiger partial charge in [0, 0.05) is 18.5 Å². The van der Waals surface area contributed by atoms with Crippen LogP contribution < -0.4 is 21.5 Å². The van der Waals surface area contributed by atoms with Crippen LogP contribution in [0.15, 0.2) is 4.99 Å². The molecule has 1 aliphatic rings. The van der Waals surface area contributed by atoms with Crippen molar-refractivity contribution in [3.63, 3.8) is 0 Å². The molecule has 0 fully saturated rings. The van der Waals surface area contributed by atoms with E-state index in [9.17, 15) is 23.1 Å². The number of phenolic OH excluding ortho intramolecular Hbond substituents is 1. The summed E-state index contributed by atoms with van der Waals surface area (Å²) in [4.78, 5) is 25.3. The molecule has 1 unspecified atom stereocenters. The number of carbonyl (C=O) groups excluding carboxylic acids is 1. The number of carboxylic acids is 1. The van der Waals surface area contributed by atoms with Gasteiger partial charge in [0.2, 0.25) is 0 Å². The topological polar surface area (TPSA) is 160 Å². The van der Waals surface area contributed by atoms with E-state index < -0.39 is 17.7 Å². The Labute approximate surface area is 177 Å². The van der Waals surface area contributed by atoms with E-state index in [1.807, 2.05) is 20.8 Å². The van der Waals surface area contributed by atoms with Crippen LogP contribution in [0.3, 0.4) is 0 Å². The monoisotopic (exact) mass is 448 g/mol. The molecule has 0 bridgehead atoms. The second-order valence-electron chi connectivity index (χ2n) is 7.23. The first-order valence-corrected chi connectivity index (χ1v) is 9.26. The fourth-order valence-electron chi connectivity index (χ4n) is 2.95. The molecule has 0 saturated carbocycles. The van der Waals surface area contributed by atoms with Crippen LogP contribution in [0.5, 0.6) is 11.5 Å². The van der Waals surface area contributed by atoms with Crippen LogP contribution in [0.1, 0.15) is 35.6 Å². The Balaban J connectivity index is 0.000000592. The van der Waals surface area contributed by atoms with Crippen molar-refractivity contribution in [3.05, 3.63) is 22.3 Å². The number of nitrogens with zero attached hydrogens (tertiary/aromatic N) is 1. The molecule has 0 aromatic heterocycles. The molecule has 0 saturated heterocycles. The van der Waals surface area contributed by atoms with Crippen LogP contribution >= 0.6 is 0 Å². The highest BCUT2D eigenvalue weighted by Crippen LogP contribution is 2.43. The van der Waals surface area contributed by atoms with E-state index in [4.69, 9.17) is 26.1 Å². The Morgan fingerprint density at radius 1 is 1.19 bits per heavy atom. The Morgan fingerprint density at radius 3 is 2.23 bits per heavy atom. The lowest BCUT2D eigenvalue weighted by Crippen LogP contribution is -2.51. The number of carbonyl (C=O) groups is 2. The molecule has 31 heavy (non-hydrogen) atoms. The second kappa shape index (κ2) is 9.75. The maximum atomic E-state index is 12.5. The van der Waals surface area contributed by atoms with Gasteiger partial charge in [-0.3, -0.25) is 9.79 Å². The van der Waals surface area contributed by atoms with Crippen molar-refractivity contribution < 1.29 is 37.7 Å². The molecule has 0 spiro atoms. The van der Waals surface area contributed by atoms with E-state index in [-0.39, 0.29) is 11.9 Å². The lowest BCUT2D eigenvalue weighted by molar-refractivity contribution is -0.192. The normalized spacial score (nSPS) is 17.4. The number of amides is 1. The third-order valence-corrected chi connectivity index (χ3v) is 4.93. The number of ether oxygens (including phenoxy) is 1. The second-order valence-corrected chi connectivity index (χ2v) is 7.23. The summed E-state index contributed by atoms with van der Waals surface area (Å²) in [5.74, 6) is -1.94. The van der Waals surface area contributed by atoms with Crippen LogP contribution in [-0.2, 0) is 16.0 Å². The number of fused-ring (bicyclic) bond motifs is 1. The summed E-state index contributed by atoms with van der Waals surface area (Å²) in [6, 6.07) is 0. The first kappa shape index (κ1) is 25.9. The molecule has 1 heterocycles. The molecule has 0 aliphatic carbocycles. The quantitative estimate of drug-likeness (QED) is 0.264. The highest BCUT2D eigenvalue weighted by atomic mass is 19.4. The van der Waals surface area contributed by atoms with Gasteiger partial charge in [0.1, 0.15) is 11.5 Å². The molecule has 0 radical (unpaired) electrons. The average molecular weight is 448 g/mol. The van der Waals surface area contributed by atoms with Crippen LogP contribution in [0.2, 0.25) is 0 Å². The van der Waals surface area contributed by atoms with E-state index in [1.54, 1.807) is 6.92 Å². The van der Waals surface area contributed by atoms with Crippen LogP contribution in [0, 0.1) is 20.8 Å². The average Bonchev–Trinajstić information content (AvgIpc) is 2.67. The van der Waals surface area contributed by atoms with Gasteiger partial charge in [-0.15, -0.1) is 0 Å². The number of aliphatic carboxylic acids is 1. The summed E-state index contributed by atoms with van der Waals surface area (Å²) in [6.45, 7) is 8.07. The minimum atomic E-state index is -5.08. The number of nitrogens with two attached hydrogens (primary N) is 2. The number of phenols is 1. The van der Waals surface area contributed by atoms with Gasteiger partial charge in [-0.1, -0.05) is 0 Å². The highest BCUT2D eigenvalue weighted by Gasteiger charge is 2.40. The number of hydrogen-bond donors (Lipinski definition) is 5. The molecule has 7 N–H and O–H groups in total.